The fourth-order valence-corrected chi connectivity index (χ4v) is 4.27. The molecule has 0 aromatic rings. The molecule has 3 aliphatic carbocycles. The summed E-state index contributed by atoms with van der Waals surface area (Å²) in [6.45, 7) is 0. The van der Waals surface area contributed by atoms with Crippen LogP contribution < -0.4 is 0 Å². The Morgan fingerprint density at radius 3 is 1.85 bits per heavy atom. The van der Waals surface area contributed by atoms with Gasteiger partial charge in [-0.3, -0.25) is 0 Å². The van der Waals surface area contributed by atoms with Crippen molar-refractivity contribution in [2.75, 3.05) is 0 Å². The van der Waals surface area contributed by atoms with Gasteiger partial charge in [0.2, 0.25) is 0 Å². The first kappa shape index (κ1) is 8.32. The Hall–Kier alpha value is 0. The van der Waals surface area contributed by atoms with Gasteiger partial charge >= 0.3 is 0 Å². The van der Waals surface area contributed by atoms with Crippen molar-refractivity contribution in [1.29, 1.82) is 0 Å². The third-order valence-corrected chi connectivity index (χ3v) is 4.92. The highest BCUT2D eigenvalue weighted by Crippen LogP contribution is 2.60. The zero-order valence-corrected chi connectivity index (χ0v) is 8.67. The van der Waals surface area contributed by atoms with Gasteiger partial charge in [-0.15, -0.1) is 0 Å². The summed E-state index contributed by atoms with van der Waals surface area (Å²) in [6.07, 6.45) is 14.1. The first-order valence-corrected chi connectivity index (χ1v) is 6.47. The molecule has 4 atom stereocenters. The third kappa shape index (κ3) is 1.43. The van der Waals surface area contributed by atoms with Gasteiger partial charge in [-0.1, -0.05) is 44.9 Å². The van der Waals surface area contributed by atoms with E-state index in [-0.39, 0.29) is 0 Å². The lowest BCUT2D eigenvalue weighted by atomic mass is 9.88. The molecule has 3 aliphatic rings. The van der Waals surface area contributed by atoms with Crippen LogP contribution in [0.1, 0.15) is 57.8 Å². The maximum Gasteiger partial charge on any atom is -0.0324 e. The van der Waals surface area contributed by atoms with E-state index in [2.05, 4.69) is 0 Å². The van der Waals surface area contributed by atoms with Gasteiger partial charge in [0.15, 0.2) is 0 Å². The molecule has 3 saturated carbocycles. The average molecular weight is 178 g/mol. The molecule has 13 heavy (non-hydrogen) atoms. The molecule has 0 heteroatoms. The van der Waals surface area contributed by atoms with Crippen LogP contribution in [0.3, 0.4) is 0 Å². The fourth-order valence-electron chi connectivity index (χ4n) is 4.27. The van der Waals surface area contributed by atoms with Crippen molar-refractivity contribution in [3.05, 3.63) is 0 Å². The van der Waals surface area contributed by atoms with Gasteiger partial charge < -0.3 is 0 Å². The summed E-state index contributed by atoms with van der Waals surface area (Å²) in [5.74, 6) is 4.77. The monoisotopic (exact) mass is 178 g/mol. The van der Waals surface area contributed by atoms with Crippen LogP contribution >= 0.6 is 0 Å². The molecule has 74 valence electrons. The zero-order valence-electron chi connectivity index (χ0n) is 8.67. The minimum absolute atomic E-state index is 1.16. The van der Waals surface area contributed by atoms with Gasteiger partial charge in [0.05, 0.1) is 0 Å². The van der Waals surface area contributed by atoms with Crippen LogP contribution in [0, 0.1) is 23.7 Å². The standard InChI is InChI=1S/C13H22/c1-2-6-10-7-4-5-9-12-11(8-3-1)13(10)12/h10-13H,1-9H2. The van der Waals surface area contributed by atoms with Crippen LogP contribution in [0.25, 0.3) is 0 Å². The molecule has 0 spiro atoms. The Morgan fingerprint density at radius 1 is 0.538 bits per heavy atom. The molecule has 0 amide bonds. The molecule has 0 aromatic heterocycles. The van der Waals surface area contributed by atoms with Crippen LogP contribution in [0.15, 0.2) is 0 Å². The second-order valence-corrected chi connectivity index (χ2v) is 5.59. The molecule has 0 heterocycles. The van der Waals surface area contributed by atoms with Crippen LogP contribution in [0.4, 0.5) is 0 Å². The normalized spacial score (nSPS) is 49.8. The van der Waals surface area contributed by atoms with E-state index in [0.717, 1.165) is 5.92 Å². The first-order valence-electron chi connectivity index (χ1n) is 6.47. The maximum absolute atomic E-state index is 1.59. The predicted molar refractivity (Wildman–Crippen MR) is 55.5 cm³/mol. The molecule has 0 radical (unpaired) electrons. The molecule has 4 unspecified atom stereocenters. The Bertz CT molecular complexity index is 180. The Kier molecular flexibility index (Phi) is 2.11. The Balaban J connectivity index is 1.73. The molecule has 0 N–H and O–H groups in total. The highest BCUT2D eigenvalue weighted by atomic mass is 14.6. The fraction of sp³-hybridized carbons (Fsp3) is 1.00. The van der Waals surface area contributed by atoms with Gasteiger partial charge in [-0.05, 0) is 36.5 Å². The second kappa shape index (κ2) is 3.29. The molecular formula is C13H22. The highest BCUT2D eigenvalue weighted by molar-refractivity contribution is 5.01. The van der Waals surface area contributed by atoms with Crippen molar-refractivity contribution in [3.63, 3.8) is 0 Å². The summed E-state index contributed by atoms with van der Waals surface area (Å²) in [5.41, 5.74) is 0. The minimum atomic E-state index is 1.16. The van der Waals surface area contributed by atoms with Gasteiger partial charge in [-0.25, -0.2) is 0 Å². The second-order valence-electron chi connectivity index (χ2n) is 5.59. The molecule has 0 saturated heterocycles. The van der Waals surface area contributed by atoms with E-state index in [1.165, 1.54) is 24.2 Å². The summed E-state index contributed by atoms with van der Waals surface area (Å²) >= 11 is 0. The lowest BCUT2D eigenvalue weighted by Crippen LogP contribution is -2.06. The van der Waals surface area contributed by atoms with E-state index in [0.29, 0.717) is 0 Å². The van der Waals surface area contributed by atoms with E-state index in [1.807, 2.05) is 0 Å². The summed E-state index contributed by atoms with van der Waals surface area (Å²) in [7, 11) is 0. The van der Waals surface area contributed by atoms with E-state index < -0.39 is 0 Å². The number of hydrogen-bond donors (Lipinski definition) is 0. The largest absolute Gasteiger partial charge is 0.0533 e. The summed E-state index contributed by atoms with van der Waals surface area (Å²) < 4.78 is 0. The first-order chi connectivity index (χ1) is 6.47. The van der Waals surface area contributed by atoms with Crippen molar-refractivity contribution >= 4 is 0 Å². The van der Waals surface area contributed by atoms with Crippen LogP contribution in [-0.2, 0) is 0 Å². The van der Waals surface area contributed by atoms with E-state index >= 15 is 0 Å². The van der Waals surface area contributed by atoms with E-state index in [9.17, 15) is 0 Å². The number of rotatable bonds is 0. The lowest BCUT2D eigenvalue weighted by molar-refractivity contribution is 0.334. The highest BCUT2D eigenvalue weighted by Gasteiger charge is 2.53. The summed E-state index contributed by atoms with van der Waals surface area (Å²) in [4.78, 5) is 0. The van der Waals surface area contributed by atoms with Gasteiger partial charge in [0.25, 0.3) is 0 Å². The van der Waals surface area contributed by atoms with Crippen LogP contribution in [-0.4, -0.2) is 0 Å². The van der Waals surface area contributed by atoms with E-state index in [1.54, 1.807) is 51.4 Å². The van der Waals surface area contributed by atoms with Gasteiger partial charge in [0, 0.05) is 0 Å². The zero-order chi connectivity index (χ0) is 8.67. The van der Waals surface area contributed by atoms with Crippen LogP contribution in [0.5, 0.6) is 0 Å². The smallest absolute Gasteiger partial charge is 0.0324 e. The summed E-state index contributed by atoms with van der Waals surface area (Å²) in [5, 5.41) is 0. The number of hydrogen-bond acceptors (Lipinski definition) is 0. The Morgan fingerprint density at radius 2 is 1.08 bits per heavy atom. The van der Waals surface area contributed by atoms with Crippen LogP contribution in [0.2, 0.25) is 0 Å². The molecule has 0 bridgehead atoms. The van der Waals surface area contributed by atoms with Gasteiger partial charge in [-0.2, -0.15) is 0 Å². The van der Waals surface area contributed by atoms with Crippen molar-refractivity contribution in [2.45, 2.75) is 57.8 Å². The van der Waals surface area contributed by atoms with Crippen molar-refractivity contribution in [3.8, 4) is 0 Å². The van der Waals surface area contributed by atoms with Crippen molar-refractivity contribution < 1.29 is 0 Å². The summed E-state index contributed by atoms with van der Waals surface area (Å²) in [6, 6.07) is 0. The third-order valence-electron chi connectivity index (χ3n) is 4.92. The lowest BCUT2D eigenvalue weighted by Gasteiger charge is -2.18. The number of fused-ring (bicyclic) bond motifs is 1. The van der Waals surface area contributed by atoms with Gasteiger partial charge in [0.1, 0.15) is 0 Å². The molecule has 0 aromatic carbocycles. The molecule has 0 aliphatic heterocycles. The molecule has 0 nitrogen and oxygen atoms in total. The maximum atomic E-state index is 1.59. The minimum Gasteiger partial charge on any atom is -0.0533 e. The topological polar surface area (TPSA) is 0 Å². The predicted octanol–water partition coefficient (Wildman–Crippen LogP) is 4.00. The van der Waals surface area contributed by atoms with Crippen molar-refractivity contribution in [2.24, 2.45) is 23.7 Å². The Labute approximate surface area is 82.1 Å². The van der Waals surface area contributed by atoms with E-state index in [4.69, 9.17) is 0 Å². The quantitative estimate of drug-likeness (QED) is 0.526. The molecular weight excluding hydrogens is 156 g/mol. The van der Waals surface area contributed by atoms with Crippen molar-refractivity contribution in [1.82, 2.24) is 0 Å². The molecule has 3 rings (SSSR count). The molecule has 3 fully saturated rings. The SMILES string of the molecule is C1CCC2CCCCC3C(CC1)C23. The average Bonchev–Trinajstić information content (AvgIpc) is 2.75.